The fourth-order valence-corrected chi connectivity index (χ4v) is 5.91. The molecule has 0 aliphatic carbocycles. The first-order chi connectivity index (χ1) is 15.8. The average Bonchev–Trinajstić information content (AvgIpc) is 3.38. The minimum atomic E-state index is -3.71. The summed E-state index contributed by atoms with van der Waals surface area (Å²) < 4.78 is 33.9. The van der Waals surface area contributed by atoms with Crippen molar-refractivity contribution in [2.75, 3.05) is 16.6 Å². The molecule has 4 aromatic rings. The SMILES string of the molecule is CCOc1ccc2nc(NC(=O)CCc3csc(NS(=O)(=O)c4ccc(C)cc4)n3)sc2c1. The molecule has 8 nitrogen and oxygen atoms in total. The fourth-order valence-electron chi connectivity index (χ4n) is 3.00. The lowest BCUT2D eigenvalue weighted by molar-refractivity contribution is -0.116. The molecule has 0 unspecified atom stereocenters. The van der Waals surface area contributed by atoms with Crippen LogP contribution >= 0.6 is 22.7 Å². The summed E-state index contributed by atoms with van der Waals surface area (Å²) >= 11 is 2.57. The number of nitrogens with one attached hydrogen (secondary N) is 2. The Bertz CT molecular complexity index is 1380. The van der Waals surface area contributed by atoms with Crippen molar-refractivity contribution in [1.29, 1.82) is 0 Å². The molecule has 0 atom stereocenters. The van der Waals surface area contributed by atoms with Crippen molar-refractivity contribution in [3.8, 4) is 5.75 Å². The number of anilines is 2. The highest BCUT2D eigenvalue weighted by atomic mass is 32.2. The number of hydrogen-bond acceptors (Lipinski definition) is 8. The zero-order valence-corrected chi connectivity index (χ0v) is 20.4. The van der Waals surface area contributed by atoms with Crippen molar-refractivity contribution in [3.63, 3.8) is 0 Å². The maximum atomic E-state index is 12.5. The molecule has 0 spiro atoms. The van der Waals surface area contributed by atoms with E-state index < -0.39 is 10.0 Å². The Morgan fingerprint density at radius 3 is 2.64 bits per heavy atom. The molecule has 0 aliphatic rings. The van der Waals surface area contributed by atoms with Crippen LogP contribution in [0.25, 0.3) is 10.2 Å². The summed E-state index contributed by atoms with van der Waals surface area (Å²) in [4.78, 5) is 21.3. The first-order valence-electron chi connectivity index (χ1n) is 10.2. The van der Waals surface area contributed by atoms with Gasteiger partial charge in [0.1, 0.15) is 5.75 Å². The topological polar surface area (TPSA) is 110 Å². The van der Waals surface area contributed by atoms with Gasteiger partial charge in [0.25, 0.3) is 10.0 Å². The molecule has 0 aliphatic heterocycles. The van der Waals surface area contributed by atoms with Gasteiger partial charge in [0.05, 0.1) is 27.4 Å². The number of benzene rings is 2. The molecular formula is C22H22N4O4S3. The van der Waals surface area contributed by atoms with Gasteiger partial charge >= 0.3 is 0 Å². The minimum Gasteiger partial charge on any atom is -0.494 e. The molecule has 0 bridgehead atoms. The summed E-state index contributed by atoms with van der Waals surface area (Å²) in [5, 5.41) is 5.35. The van der Waals surface area contributed by atoms with Crippen LogP contribution in [0, 0.1) is 6.92 Å². The smallest absolute Gasteiger partial charge is 0.263 e. The quantitative estimate of drug-likeness (QED) is 0.339. The Hall–Kier alpha value is -3.02. The van der Waals surface area contributed by atoms with E-state index in [0.717, 1.165) is 21.5 Å². The molecule has 1 amide bonds. The first-order valence-corrected chi connectivity index (χ1v) is 13.4. The van der Waals surface area contributed by atoms with Gasteiger partial charge in [0.15, 0.2) is 10.3 Å². The van der Waals surface area contributed by atoms with Gasteiger partial charge in [0.2, 0.25) is 5.91 Å². The number of thiazole rings is 2. The number of nitrogens with zero attached hydrogens (tertiary/aromatic N) is 2. The Morgan fingerprint density at radius 1 is 1.09 bits per heavy atom. The van der Waals surface area contributed by atoms with Crippen molar-refractivity contribution in [2.24, 2.45) is 0 Å². The van der Waals surface area contributed by atoms with Crippen molar-refractivity contribution >= 4 is 59.1 Å². The van der Waals surface area contributed by atoms with Crippen LogP contribution in [0.1, 0.15) is 24.6 Å². The molecule has 0 radical (unpaired) electrons. The second-order valence-electron chi connectivity index (χ2n) is 7.19. The highest BCUT2D eigenvalue weighted by molar-refractivity contribution is 7.93. The second kappa shape index (κ2) is 9.86. The molecule has 172 valence electrons. The Labute approximate surface area is 199 Å². The van der Waals surface area contributed by atoms with E-state index >= 15 is 0 Å². The zero-order chi connectivity index (χ0) is 23.4. The molecular weight excluding hydrogens is 480 g/mol. The number of amides is 1. The normalized spacial score (nSPS) is 11.5. The van der Waals surface area contributed by atoms with Gasteiger partial charge < -0.3 is 10.1 Å². The molecule has 2 aromatic heterocycles. The summed E-state index contributed by atoms with van der Waals surface area (Å²) in [6.45, 7) is 4.40. The third-order valence-electron chi connectivity index (χ3n) is 4.63. The maximum Gasteiger partial charge on any atom is 0.263 e. The molecule has 4 rings (SSSR count). The number of fused-ring (bicyclic) bond motifs is 1. The number of aryl methyl sites for hydroxylation is 2. The van der Waals surface area contributed by atoms with Crippen LogP contribution in [-0.4, -0.2) is 30.9 Å². The van der Waals surface area contributed by atoms with E-state index in [1.807, 2.05) is 32.0 Å². The van der Waals surface area contributed by atoms with Crippen molar-refractivity contribution < 1.29 is 17.9 Å². The maximum absolute atomic E-state index is 12.5. The second-order valence-corrected chi connectivity index (χ2v) is 10.8. The largest absolute Gasteiger partial charge is 0.494 e. The fraction of sp³-hybridized carbons (Fsp3) is 0.227. The van der Waals surface area contributed by atoms with Crippen LogP contribution in [0.5, 0.6) is 5.75 Å². The molecule has 2 aromatic carbocycles. The third-order valence-corrected chi connectivity index (χ3v) is 7.85. The standard InChI is InChI=1S/C22H22N4O4S3/c1-3-30-16-7-10-18-19(12-16)32-21(24-18)25-20(27)11-6-15-13-31-22(23-15)26-33(28,29)17-8-4-14(2)5-9-17/h4-5,7-10,12-13H,3,6,11H2,1-2H3,(H,23,26)(H,24,25,27). The van der Waals surface area contributed by atoms with E-state index in [9.17, 15) is 13.2 Å². The van der Waals surface area contributed by atoms with Crippen molar-refractivity contribution in [2.45, 2.75) is 31.6 Å². The van der Waals surface area contributed by atoms with E-state index in [2.05, 4.69) is 20.0 Å². The van der Waals surface area contributed by atoms with Gasteiger partial charge in [0, 0.05) is 11.8 Å². The number of hydrogen-bond donors (Lipinski definition) is 2. The van der Waals surface area contributed by atoms with E-state index in [-0.39, 0.29) is 22.4 Å². The lowest BCUT2D eigenvalue weighted by Crippen LogP contribution is -2.13. The van der Waals surface area contributed by atoms with Crippen LogP contribution in [0.15, 0.2) is 52.7 Å². The molecule has 0 saturated heterocycles. The summed E-state index contributed by atoms with van der Waals surface area (Å²) in [7, 11) is -3.71. The van der Waals surface area contributed by atoms with Crippen LogP contribution in [0.2, 0.25) is 0 Å². The van der Waals surface area contributed by atoms with Gasteiger partial charge in [-0.1, -0.05) is 29.0 Å². The third kappa shape index (κ3) is 5.86. The van der Waals surface area contributed by atoms with Crippen LogP contribution < -0.4 is 14.8 Å². The summed E-state index contributed by atoms with van der Waals surface area (Å²) in [6.07, 6.45) is 0.585. The minimum absolute atomic E-state index is 0.174. The molecule has 2 N–H and O–H groups in total. The lowest BCUT2D eigenvalue weighted by atomic mass is 10.2. The summed E-state index contributed by atoms with van der Waals surface area (Å²) in [5.74, 6) is 0.581. The monoisotopic (exact) mass is 502 g/mol. The van der Waals surface area contributed by atoms with Crippen LogP contribution in [0.4, 0.5) is 10.3 Å². The van der Waals surface area contributed by atoms with E-state index in [4.69, 9.17) is 4.74 Å². The first kappa shape index (κ1) is 23.1. The Kier molecular flexibility index (Phi) is 6.91. The number of ether oxygens (including phenoxy) is 1. The lowest BCUT2D eigenvalue weighted by Gasteiger charge is -2.05. The van der Waals surface area contributed by atoms with E-state index in [1.54, 1.807) is 29.6 Å². The van der Waals surface area contributed by atoms with Gasteiger partial charge in [-0.2, -0.15) is 0 Å². The highest BCUT2D eigenvalue weighted by Gasteiger charge is 2.16. The van der Waals surface area contributed by atoms with Crippen LogP contribution in [-0.2, 0) is 21.2 Å². The highest BCUT2D eigenvalue weighted by Crippen LogP contribution is 2.29. The molecule has 0 fully saturated rings. The van der Waals surface area contributed by atoms with E-state index in [1.165, 1.54) is 22.7 Å². The molecule has 2 heterocycles. The van der Waals surface area contributed by atoms with Gasteiger partial charge in [-0.05, 0) is 50.6 Å². The number of rotatable bonds is 9. The Morgan fingerprint density at radius 2 is 1.88 bits per heavy atom. The molecule has 11 heteroatoms. The van der Waals surface area contributed by atoms with Crippen molar-refractivity contribution in [3.05, 3.63) is 59.1 Å². The Balaban J connectivity index is 1.33. The number of carbonyl (C=O) groups excluding carboxylic acids is 1. The molecule has 33 heavy (non-hydrogen) atoms. The predicted molar refractivity (Wildman–Crippen MR) is 132 cm³/mol. The van der Waals surface area contributed by atoms with Crippen LogP contribution in [0.3, 0.4) is 0 Å². The average molecular weight is 503 g/mol. The number of sulfonamides is 1. The van der Waals surface area contributed by atoms with Gasteiger partial charge in [-0.3, -0.25) is 9.52 Å². The van der Waals surface area contributed by atoms with Gasteiger partial charge in [-0.15, -0.1) is 11.3 Å². The molecule has 0 saturated carbocycles. The number of aromatic nitrogens is 2. The summed E-state index contributed by atoms with van der Waals surface area (Å²) in [5.41, 5.74) is 2.41. The predicted octanol–water partition coefficient (Wildman–Crippen LogP) is 4.83. The van der Waals surface area contributed by atoms with Crippen molar-refractivity contribution in [1.82, 2.24) is 9.97 Å². The van der Waals surface area contributed by atoms with Gasteiger partial charge in [-0.25, -0.2) is 18.4 Å². The van der Waals surface area contributed by atoms with E-state index in [0.29, 0.717) is 23.9 Å². The number of carbonyl (C=O) groups is 1. The summed E-state index contributed by atoms with van der Waals surface area (Å²) in [6, 6.07) is 12.2. The zero-order valence-electron chi connectivity index (χ0n) is 18.0.